The summed E-state index contributed by atoms with van der Waals surface area (Å²) in [7, 11) is 0. The van der Waals surface area contributed by atoms with Gasteiger partial charge in [0.25, 0.3) is 11.8 Å². The monoisotopic (exact) mass is 430 g/mol. The molecular weight excluding hydrogens is 412 g/mol. The van der Waals surface area contributed by atoms with Gasteiger partial charge in [-0.05, 0) is 54.1 Å². The van der Waals surface area contributed by atoms with E-state index in [1.54, 1.807) is 36.8 Å². The zero-order chi connectivity index (χ0) is 21.6. The van der Waals surface area contributed by atoms with Gasteiger partial charge >= 0.3 is 0 Å². The van der Waals surface area contributed by atoms with E-state index in [2.05, 4.69) is 15.6 Å². The molecule has 1 aromatic heterocycles. The number of imidazole rings is 1. The largest absolute Gasteiger partial charge is 0.332 e. The van der Waals surface area contributed by atoms with Crippen LogP contribution in [0.25, 0.3) is 0 Å². The van der Waals surface area contributed by atoms with E-state index in [0.29, 0.717) is 28.5 Å². The lowest BCUT2D eigenvalue weighted by atomic mass is 10.2. The average molecular weight is 431 g/mol. The molecule has 4 rings (SSSR count). The van der Waals surface area contributed by atoms with Gasteiger partial charge in [-0.2, -0.15) is 0 Å². The van der Waals surface area contributed by atoms with Crippen molar-refractivity contribution in [3.63, 3.8) is 0 Å². The molecule has 0 bridgehead atoms. The highest BCUT2D eigenvalue weighted by Gasteiger charge is 2.10. The summed E-state index contributed by atoms with van der Waals surface area (Å²) < 4.78 is 1.83. The van der Waals surface area contributed by atoms with E-state index in [-0.39, 0.29) is 11.8 Å². The summed E-state index contributed by atoms with van der Waals surface area (Å²) in [5.74, 6) is -0.460. The smallest absolute Gasteiger partial charge is 0.275 e. The van der Waals surface area contributed by atoms with Crippen LogP contribution in [-0.2, 0) is 6.54 Å². The average Bonchev–Trinajstić information content (AvgIpc) is 3.25. The van der Waals surface area contributed by atoms with Gasteiger partial charge in [0, 0.05) is 34.7 Å². The molecule has 3 aromatic carbocycles. The summed E-state index contributed by atoms with van der Waals surface area (Å²) in [6.07, 6.45) is 3.32. The van der Waals surface area contributed by atoms with E-state index in [1.807, 2.05) is 59.2 Å². The molecule has 0 aliphatic rings. The van der Waals surface area contributed by atoms with Crippen molar-refractivity contribution in [1.29, 1.82) is 0 Å². The number of anilines is 2. The third-order valence-corrected chi connectivity index (χ3v) is 4.83. The van der Waals surface area contributed by atoms with Crippen molar-refractivity contribution in [2.75, 3.05) is 10.6 Å². The third-order valence-electron chi connectivity index (χ3n) is 4.58. The van der Waals surface area contributed by atoms with Gasteiger partial charge in [0.1, 0.15) is 5.69 Å². The van der Waals surface area contributed by atoms with Crippen molar-refractivity contribution < 1.29 is 9.59 Å². The molecule has 0 atom stereocenters. The Balaban J connectivity index is 1.35. The molecule has 31 heavy (non-hydrogen) atoms. The number of benzene rings is 3. The highest BCUT2D eigenvalue weighted by atomic mass is 35.5. The molecule has 0 aliphatic carbocycles. The Morgan fingerprint density at radius 1 is 0.806 bits per heavy atom. The van der Waals surface area contributed by atoms with Crippen molar-refractivity contribution in [3.8, 4) is 0 Å². The fourth-order valence-corrected chi connectivity index (χ4v) is 3.12. The Hall–Kier alpha value is -3.90. The molecule has 0 spiro atoms. The Labute approximate surface area is 184 Å². The van der Waals surface area contributed by atoms with Crippen molar-refractivity contribution in [1.82, 2.24) is 9.55 Å². The first-order valence-electron chi connectivity index (χ1n) is 9.61. The van der Waals surface area contributed by atoms with Crippen LogP contribution in [0.15, 0.2) is 91.4 Å². The van der Waals surface area contributed by atoms with Crippen LogP contribution >= 0.6 is 11.6 Å². The van der Waals surface area contributed by atoms with E-state index in [9.17, 15) is 9.59 Å². The predicted octanol–water partition coefficient (Wildman–Crippen LogP) is 5.09. The second-order valence-corrected chi connectivity index (χ2v) is 7.35. The molecule has 4 aromatic rings. The standard InChI is InChI=1S/C24H19ClN4O2/c25-19-10-8-18(9-11-19)23(30)27-21-12-6-17(7-13-21)14-29-15-22(26-16-29)24(31)28-20-4-2-1-3-5-20/h1-13,15-16H,14H2,(H,27,30)(H,28,31). The van der Waals surface area contributed by atoms with Crippen LogP contribution in [0.3, 0.4) is 0 Å². The lowest BCUT2D eigenvalue weighted by Gasteiger charge is -2.07. The molecule has 0 fully saturated rings. The predicted molar refractivity (Wildman–Crippen MR) is 122 cm³/mol. The van der Waals surface area contributed by atoms with Crippen molar-refractivity contribution in [2.24, 2.45) is 0 Å². The first kappa shape index (κ1) is 20.4. The summed E-state index contributed by atoms with van der Waals surface area (Å²) in [5, 5.41) is 6.26. The van der Waals surface area contributed by atoms with E-state index in [4.69, 9.17) is 11.6 Å². The second-order valence-electron chi connectivity index (χ2n) is 6.91. The number of hydrogen-bond donors (Lipinski definition) is 2. The lowest BCUT2D eigenvalue weighted by Crippen LogP contribution is -2.12. The van der Waals surface area contributed by atoms with Crippen LogP contribution in [0.2, 0.25) is 5.02 Å². The topological polar surface area (TPSA) is 76.0 Å². The number of amides is 2. The molecule has 0 saturated carbocycles. The molecule has 0 saturated heterocycles. The molecule has 0 aliphatic heterocycles. The number of nitrogens with one attached hydrogen (secondary N) is 2. The first-order valence-corrected chi connectivity index (χ1v) is 9.99. The Morgan fingerprint density at radius 3 is 2.16 bits per heavy atom. The van der Waals surface area contributed by atoms with Gasteiger partial charge in [0.05, 0.1) is 6.33 Å². The van der Waals surface area contributed by atoms with Crippen molar-refractivity contribution in [3.05, 3.63) is 113 Å². The van der Waals surface area contributed by atoms with Crippen LogP contribution in [0.4, 0.5) is 11.4 Å². The highest BCUT2D eigenvalue weighted by molar-refractivity contribution is 6.30. The molecule has 2 N–H and O–H groups in total. The molecule has 7 heteroatoms. The van der Waals surface area contributed by atoms with Gasteiger partial charge in [-0.15, -0.1) is 0 Å². The maximum atomic E-state index is 12.3. The summed E-state index contributed by atoms with van der Waals surface area (Å²) in [4.78, 5) is 28.8. The molecule has 0 radical (unpaired) electrons. The van der Waals surface area contributed by atoms with E-state index >= 15 is 0 Å². The molecule has 1 heterocycles. The van der Waals surface area contributed by atoms with Gasteiger partial charge in [-0.25, -0.2) is 4.98 Å². The van der Waals surface area contributed by atoms with Crippen molar-refractivity contribution in [2.45, 2.75) is 6.54 Å². The van der Waals surface area contributed by atoms with Crippen LogP contribution in [-0.4, -0.2) is 21.4 Å². The van der Waals surface area contributed by atoms with Crippen LogP contribution < -0.4 is 10.6 Å². The quantitative estimate of drug-likeness (QED) is 0.447. The van der Waals surface area contributed by atoms with Crippen LogP contribution in [0.5, 0.6) is 0 Å². The van der Waals surface area contributed by atoms with Gasteiger partial charge in [0.2, 0.25) is 0 Å². The van der Waals surface area contributed by atoms with E-state index in [1.165, 1.54) is 0 Å². The second kappa shape index (κ2) is 9.28. The minimum Gasteiger partial charge on any atom is -0.332 e. The minimum absolute atomic E-state index is 0.201. The van der Waals surface area contributed by atoms with E-state index < -0.39 is 0 Å². The molecule has 154 valence electrons. The summed E-state index contributed by atoms with van der Waals surface area (Å²) in [5.41, 5.74) is 3.30. The van der Waals surface area contributed by atoms with Gasteiger partial charge in [-0.1, -0.05) is 41.9 Å². The molecule has 2 amide bonds. The molecule has 6 nitrogen and oxygen atoms in total. The van der Waals surface area contributed by atoms with Gasteiger partial charge in [-0.3, -0.25) is 9.59 Å². The number of carbonyl (C=O) groups is 2. The first-order chi connectivity index (χ1) is 15.1. The normalized spacial score (nSPS) is 10.5. The minimum atomic E-state index is -0.259. The highest BCUT2D eigenvalue weighted by Crippen LogP contribution is 2.15. The third kappa shape index (κ3) is 5.38. The number of nitrogens with zero attached hydrogens (tertiary/aromatic N) is 2. The van der Waals surface area contributed by atoms with Gasteiger partial charge < -0.3 is 15.2 Å². The maximum Gasteiger partial charge on any atom is 0.275 e. The molecular formula is C24H19ClN4O2. The number of aromatic nitrogens is 2. The fourth-order valence-electron chi connectivity index (χ4n) is 2.99. The lowest BCUT2D eigenvalue weighted by molar-refractivity contribution is 0.101. The Bertz CT molecular complexity index is 1190. The van der Waals surface area contributed by atoms with Gasteiger partial charge in [0.15, 0.2) is 0 Å². The molecule has 0 unspecified atom stereocenters. The Morgan fingerprint density at radius 2 is 1.45 bits per heavy atom. The van der Waals surface area contributed by atoms with Crippen LogP contribution in [0, 0.1) is 0 Å². The number of para-hydroxylation sites is 1. The summed E-state index contributed by atoms with van der Waals surface area (Å²) in [6, 6.07) is 23.5. The number of carbonyl (C=O) groups excluding carboxylic acids is 2. The fraction of sp³-hybridized carbons (Fsp3) is 0.0417. The Kier molecular flexibility index (Phi) is 6.10. The summed E-state index contributed by atoms with van der Waals surface area (Å²) in [6.45, 7) is 0.553. The number of rotatable bonds is 6. The number of halogens is 1. The summed E-state index contributed by atoms with van der Waals surface area (Å²) >= 11 is 5.86. The SMILES string of the molecule is O=C(Nc1ccc(Cn2cnc(C(=O)Nc3ccccc3)c2)cc1)c1ccc(Cl)cc1. The zero-order valence-corrected chi connectivity index (χ0v) is 17.2. The van der Waals surface area contributed by atoms with Crippen LogP contribution in [0.1, 0.15) is 26.4 Å². The maximum absolute atomic E-state index is 12.3. The van der Waals surface area contributed by atoms with E-state index in [0.717, 1.165) is 11.3 Å². The zero-order valence-electron chi connectivity index (χ0n) is 16.5. The number of hydrogen-bond acceptors (Lipinski definition) is 3. The van der Waals surface area contributed by atoms with Crippen molar-refractivity contribution >= 4 is 34.8 Å².